The van der Waals surface area contributed by atoms with Gasteiger partial charge in [0.25, 0.3) is 5.91 Å². The van der Waals surface area contributed by atoms with Crippen molar-refractivity contribution >= 4 is 28.6 Å². The summed E-state index contributed by atoms with van der Waals surface area (Å²) in [5.74, 6) is 1.28. The number of nitrogens with zero attached hydrogens (tertiary/aromatic N) is 1. The number of nitrogens with one attached hydrogen (secondary N) is 1. The minimum absolute atomic E-state index is 0.0165. The Morgan fingerprint density at radius 3 is 2.77 bits per heavy atom. The van der Waals surface area contributed by atoms with Gasteiger partial charge in [0.15, 0.2) is 0 Å². The van der Waals surface area contributed by atoms with E-state index in [1.165, 1.54) is 10.5 Å². The molecular weight excluding hydrogens is 340 g/mol. The zero-order valence-electron chi connectivity index (χ0n) is 15.0. The van der Waals surface area contributed by atoms with E-state index in [2.05, 4.69) is 37.4 Å². The summed E-state index contributed by atoms with van der Waals surface area (Å²) in [5.41, 5.74) is 3.77. The highest BCUT2D eigenvalue weighted by atomic mass is 32.2. The van der Waals surface area contributed by atoms with Crippen LogP contribution in [0.3, 0.4) is 0 Å². The van der Waals surface area contributed by atoms with Crippen LogP contribution in [0, 0.1) is 0 Å². The zero-order valence-corrected chi connectivity index (χ0v) is 15.8. The SMILES string of the molecule is CC(C)c1cc(C(=O)NC2CCSc3ccccc32)c2ccccc2n1. The lowest BCUT2D eigenvalue weighted by Crippen LogP contribution is -2.31. The summed E-state index contributed by atoms with van der Waals surface area (Å²) < 4.78 is 0. The van der Waals surface area contributed by atoms with Gasteiger partial charge in [-0.15, -0.1) is 11.8 Å². The van der Waals surface area contributed by atoms with E-state index in [4.69, 9.17) is 4.98 Å². The Balaban J connectivity index is 1.71. The molecule has 2 heterocycles. The fraction of sp³-hybridized carbons (Fsp3) is 0.273. The molecule has 2 aromatic carbocycles. The fourth-order valence-electron chi connectivity index (χ4n) is 3.41. The highest BCUT2D eigenvalue weighted by Crippen LogP contribution is 2.36. The molecule has 1 aliphatic heterocycles. The quantitative estimate of drug-likeness (QED) is 0.685. The van der Waals surface area contributed by atoms with Crippen molar-refractivity contribution in [3.05, 3.63) is 71.4 Å². The van der Waals surface area contributed by atoms with Gasteiger partial charge < -0.3 is 5.32 Å². The zero-order chi connectivity index (χ0) is 18.1. The molecule has 0 saturated heterocycles. The number of para-hydroxylation sites is 1. The number of hydrogen-bond acceptors (Lipinski definition) is 3. The second-order valence-corrected chi connectivity index (χ2v) is 8.10. The standard InChI is InChI=1S/C22H22N2OS/c1-14(2)20-13-17(15-7-3-5-9-18(15)23-20)22(25)24-19-11-12-26-21-10-6-4-8-16(19)21/h3-10,13-14,19H,11-12H2,1-2H3,(H,24,25). The Labute approximate surface area is 158 Å². The number of carbonyl (C=O) groups is 1. The van der Waals surface area contributed by atoms with E-state index >= 15 is 0 Å². The number of hydrogen-bond donors (Lipinski definition) is 1. The lowest BCUT2D eigenvalue weighted by atomic mass is 10.00. The summed E-state index contributed by atoms with van der Waals surface area (Å²) >= 11 is 1.86. The third-order valence-corrected chi connectivity index (χ3v) is 5.96. The monoisotopic (exact) mass is 362 g/mol. The molecule has 4 rings (SSSR count). The Hall–Kier alpha value is -2.33. The lowest BCUT2D eigenvalue weighted by Gasteiger charge is -2.26. The van der Waals surface area contributed by atoms with Crippen molar-refractivity contribution < 1.29 is 4.79 Å². The van der Waals surface area contributed by atoms with Gasteiger partial charge in [0, 0.05) is 21.7 Å². The van der Waals surface area contributed by atoms with E-state index in [1.807, 2.05) is 48.2 Å². The van der Waals surface area contributed by atoms with Crippen LogP contribution in [0.5, 0.6) is 0 Å². The lowest BCUT2D eigenvalue weighted by molar-refractivity contribution is 0.0936. The first kappa shape index (κ1) is 17.1. The molecule has 0 bridgehead atoms. The Morgan fingerprint density at radius 1 is 1.15 bits per heavy atom. The average molecular weight is 362 g/mol. The van der Waals surface area contributed by atoms with E-state index in [0.717, 1.165) is 34.3 Å². The van der Waals surface area contributed by atoms with Crippen LogP contribution in [0.1, 0.15) is 53.8 Å². The van der Waals surface area contributed by atoms with Crippen molar-refractivity contribution in [2.75, 3.05) is 5.75 Å². The van der Waals surface area contributed by atoms with Crippen LogP contribution < -0.4 is 5.32 Å². The number of aromatic nitrogens is 1. The first-order valence-corrected chi connectivity index (χ1v) is 10.0. The van der Waals surface area contributed by atoms with E-state index in [0.29, 0.717) is 0 Å². The van der Waals surface area contributed by atoms with E-state index in [1.54, 1.807) is 0 Å². The molecule has 132 valence electrons. The first-order chi connectivity index (χ1) is 12.6. The van der Waals surface area contributed by atoms with Crippen molar-refractivity contribution in [1.82, 2.24) is 10.3 Å². The molecule has 1 unspecified atom stereocenters. The molecule has 0 fully saturated rings. The summed E-state index contributed by atoms with van der Waals surface area (Å²) in [7, 11) is 0. The summed E-state index contributed by atoms with van der Waals surface area (Å²) in [6, 6.07) is 18.3. The van der Waals surface area contributed by atoms with Gasteiger partial charge in [-0.3, -0.25) is 9.78 Å². The molecule has 0 aliphatic carbocycles. The second kappa shape index (κ2) is 7.12. The van der Waals surface area contributed by atoms with Gasteiger partial charge in [0.05, 0.1) is 17.1 Å². The maximum atomic E-state index is 13.2. The van der Waals surface area contributed by atoms with Gasteiger partial charge in [0.2, 0.25) is 0 Å². The molecule has 0 spiro atoms. The van der Waals surface area contributed by atoms with Gasteiger partial charge in [-0.1, -0.05) is 50.2 Å². The molecule has 1 atom stereocenters. The van der Waals surface area contributed by atoms with Gasteiger partial charge in [-0.05, 0) is 36.1 Å². The van der Waals surface area contributed by atoms with E-state index in [-0.39, 0.29) is 17.9 Å². The Morgan fingerprint density at radius 2 is 1.92 bits per heavy atom. The van der Waals surface area contributed by atoms with Crippen LogP contribution in [0.4, 0.5) is 0 Å². The average Bonchev–Trinajstić information content (AvgIpc) is 2.67. The highest BCUT2D eigenvalue weighted by molar-refractivity contribution is 7.99. The highest BCUT2D eigenvalue weighted by Gasteiger charge is 2.23. The van der Waals surface area contributed by atoms with Crippen molar-refractivity contribution in [2.45, 2.75) is 37.1 Å². The van der Waals surface area contributed by atoms with Crippen LogP contribution in [-0.2, 0) is 0 Å². The number of carbonyl (C=O) groups excluding carboxylic acids is 1. The van der Waals surface area contributed by atoms with Crippen LogP contribution in [0.15, 0.2) is 59.5 Å². The number of amides is 1. The molecule has 26 heavy (non-hydrogen) atoms. The van der Waals surface area contributed by atoms with Crippen molar-refractivity contribution in [3.63, 3.8) is 0 Å². The molecular formula is C22H22N2OS. The maximum absolute atomic E-state index is 13.2. The predicted octanol–water partition coefficient (Wildman–Crippen LogP) is 5.33. The smallest absolute Gasteiger partial charge is 0.252 e. The second-order valence-electron chi connectivity index (χ2n) is 6.97. The van der Waals surface area contributed by atoms with Gasteiger partial charge in [0.1, 0.15) is 0 Å². The molecule has 1 amide bonds. The number of pyridine rings is 1. The normalized spacial score (nSPS) is 16.5. The summed E-state index contributed by atoms with van der Waals surface area (Å²) in [6.07, 6.45) is 0.952. The summed E-state index contributed by atoms with van der Waals surface area (Å²) in [4.78, 5) is 19.2. The number of fused-ring (bicyclic) bond motifs is 2. The van der Waals surface area contributed by atoms with Crippen molar-refractivity contribution in [2.24, 2.45) is 0 Å². The molecule has 1 aromatic heterocycles. The molecule has 1 aliphatic rings. The number of rotatable bonds is 3. The summed E-state index contributed by atoms with van der Waals surface area (Å²) in [5, 5.41) is 4.18. The molecule has 3 aromatic rings. The largest absolute Gasteiger partial charge is 0.345 e. The Bertz CT molecular complexity index is 967. The predicted molar refractivity (Wildman–Crippen MR) is 108 cm³/mol. The van der Waals surface area contributed by atoms with Crippen LogP contribution in [0.25, 0.3) is 10.9 Å². The minimum Gasteiger partial charge on any atom is -0.345 e. The number of thioether (sulfide) groups is 1. The maximum Gasteiger partial charge on any atom is 0.252 e. The van der Waals surface area contributed by atoms with Crippen molar-refractivity contribution in [1.29, 1.82) is 0 Å². The van der Waals surface area contributed by atoms with Crippen molar-refractivity contribution in [3.8, 4) is 0 Å². The minimum atomic E-state index is -0.0165. The molecule has 4 heteroatoms. The third kappa shape index (κ3) is 3.21. The molecule has 0 radical (unpaired) electrons. The fourth-order valence-corrected chi connectivity index (χ4v) is 4.53. The van der Waals surface area contributed by atoms with E-state index < -0.39 is 0 Å². The van der Waals surface area contributed by atoms with Crippen LogP contribution in [0.2, 0.25) is 0 Å². The molecule has 3 nitrogen and oxygen atoms in total. The Kier molecular flexibility index (Phi) is 4.68. The van der Waals surface area contributed by atoms with Gasteiger partial charge >= 0.3 is 0 Å². The van der Waals surface area contributed by atoms with Gasteiger partial charge in [-0.2, -0.15) is 0 Å². The van der Waals surface area contributed by atoms with Gasteiger partial charge in [-0.25, -0.2) is 0 Å². The third-order valence-electron chi connectivity index (χ3n) is 4.84. The molecule has 0 saturated carbocycles. The summed E-state index contributed by atoms with van der Waals surface area (Å²) in [6.45, 7) is 4.21. The van der Waals surface area contributed by atoms with Crippen LogP contribution in [-0.4, -0.2) is 16.6 Å². The van der Waals surface area contributed by atoms with Crippen LogP contribution >= 0.6 is 11.8 Å². The first-order valence-electron chi connectivity index (χ1n) is 9.06. The number of benzene rings is 2. The van der Waals surface area contributed by atoms with E-state index in [9.17, 15) is 4.79 Å². The molecule has 1 N–H and O–H groups in total. The topological polar surface area (TPSA) is 42.0 Å².